The van der Waals surface area contributed by atoms with Crippen LogP contribution >= 0.6 is 27.3 Å². The molecule has 2 N–H and O–H groups in total. The number of phenols is 2. The fourth-order valence-electron chi connectivity index (χ4n) is 1.02. The Morgan fingerprint density at radius 1 is 1.17 bits per heavy atom. The average molecular weight is 245 g/mol. The Labute approximate surface area is 81.2 Å². The lowest BCUT2D eigenvalue weighted by Gasteiger charge is -1.96. The molecule has 0 unspecified atom stereocenters. The second kappa shape index (κ2) is 2.64. The van der Waals surface area contributed by atoms with Gasteiger partial charge in [0.05, 0.1) is 0 Å². The van der Waals surface area contributed by atoms with Gasteiger partial charge in [0.1, 0.15) is 0 Å². The van der Waals surface area contributed by atoms with Gasteiger partial charge in [0.25, 0.3) is 0 Å². The third kappa shape index (κ3) is 1.07. The van der Waals surface area contributed by atoms with Crippen LogP contribution in [0.15, 0.2) is 22.0 Å². The van der Waals surface area contributed by atoms with Crippen LogP contribution < -0.4 is 0 Å². The summed E-state index contributed by atoms with van der Waals surface area (Å²) in [5.41, 5.74) is 0. The number of hydrogen-bond acceptors (Lipinski definition) is 3. The van der Waals surface area contributed by atoms with Crippen LogP contribution in [-0.4, -0.2) is 10.2 Å². The zero-order chi connectivity index (χ0) is 8.72. The molecule has 0 aliphatic heterocycles. The monoisotopic (exact) mass is 244 g/mol. The van der Waals surface area contributed by atoms with Gasteiger partial charge in [-0.2, -0.15) is 0 Å². The predicted octanol–water partition coefficient (Wildman–Crippen LogP) is 3.08. The van der Waals surface area contributed by atoms with E-state index in [0.717, 1.165) is 14.6 Å². The average Bonchev–Trinajstić information content (AvgIpc) is 2.35. The van der Waals surface area contributed by atoms with E-state index in [1.807, 2.05) is 5.38 Å². The molecule has 0 aliphatic carbocycles. The van der Waals surface area contributed by atoms with Crippen LogP contribution in [-0.2, 0) is 0 Å². The summed E-state index contributed by atoms with van der Waals surface area (Å²) in [5, 5.41) is 21.2. The fourth-order valence-corrected chi connectivity index (χ4v) is 2.59. The number of halogens is 1. The number of hydrogen-bond donors (Lipinski definition) is 2. The van der Waals surface area contributed by atoms with Gasteiger partial charge in [-0.3, -0.25) is 0 Å². The zero-order valence-corrected chi connectivity index (χ0v) is 8.32. The van der Waals surface area contributed by atoms with Crippen molar-refractivity contribution in [2.24, 2.45) is 0 Å². The van der Waals surface area contributed by atoms with E-state index in [4.69, 9.17) is 5.11 Å². The summed E-state index contributed by atoms with van der Waals surface area (Å²) >= 11 is 4.86. The molecule has 0 saturated heterocycles. The largest absolute Gasteiger partial charge is 0.504 e. The van der Waals surface area contributed by atoms with Crippen LogP contribution in [0.2, 0.25) is 0 Å². The number of aromatic hydroxyl groups is 2. The lowest BCUT2D eigenvalue weighted by Crippen LogP contribution is -1.68. The van der Waals surface area contributed by atoms with Gasteiger partial charge in [0.2, 0.25) is 0 Å². The third-order valence-electron chi connectivity index (χ3n) is 1.62. The maximum atomic E-state index is 9.19. The molecule has 2 aromatic rings. The van der Waals surface area contributed by atoms with Crippen molar-refractivity contribution in [1.82, 2.24) is 0 Å². The van der Waals surface area contributed by atoms with Gasteiger partial charge in [-0.15, -0.1) is 11.3 Å². The minimum atomic E-state index is -0.0819. The van der Waals surface area contributed by atoms with Crippen molar-refractivity contribution in [3.05, 3.63) is 22.0 Å². The molecule has 0 amide bonds. The highest BCUT2D eigenvalue weighted by atomic mass is 79.9. The van der Waals surface area contributed by atoms with Gasteiger partial charge in [0.15, 0.2) is 11.5 Å². The zero-order valence-electron chi connectivity index (χ0n) is 5.91. The Bertz CT molecular complexity index is 436. The smallest absolute Gasteiger partial charge is 0.158 e. The Hall–Kier alpha value is -0.740. The molecule has 0 radical (unpaired) electrons. The summed E-state index contributed by atoms with van der Waals surface area (Å²) in [6.07, 6.45) is 0. The summed E-state index contributed by atoms with van der Waals surface area (Å²) < 4.78 is 1.90. The van der Waals surface area contributed by atoms with Crippen molar-refractivity contribution in [1.29, 1.82) is 0 Å². The molecule has 1 heterocycles. The van der Waals surface area contributed by atoms with Gasteiger partial charge in [-0.05, 0) is 22.0 Å². The molecule has 2 rings (SSSR count). The van der Waals surface area contributed by atoms with Crippen molar-refractivity contribution in [3.8, 4) is 11.5 Å². The Morgan fingerprint density at radius 2 is 1.83 bits per heavy atom. The third-order valence-corrected chi connectivity index (χ3v) is 3.53. The van der Waals surface area contributed by atoms with E-state index in [9.17, 15) is 5.11 Å². The lowest BCUT2D eigenvalue weighted by molar-refractivity contribution is 0.405. The standard InChI is InChI=1S/C8H5BrO2S/c9-5-3-12-8-2-7(11)6(10)1-4(5)8/h1-3,10-11H. The number of fused-ring (bicyclic) bond motifs is 1. The lowest BCUT2D eigenvalue weighted by atomic mass is 10.2. The molecule has 0 fully saturated rings. The molecule has 0 saturated carbocycles. The number of rotatable bonds is 0. The van der Waals surface area contributed by atoms with Crippen LogP contribution in [0.3, 0.4) is 0 Å². The second-order valence-electron chi connectivity index (χ2n) is 2.42. The van der Waals surface area contributed by atoms with E-state index in [1.54, 1.807) is 12.1 Å². The Balaban J connectivity index is 2.87. The molecule has 12 heavy (non-hydrogen) atoms. The summed E-state index contributed by atoms with van der Waals surface area (Å²) in [6, 6.07) is 3.10. The minimum absolute atomic E-state index is 0.0724. The highest BCUT2D eigenvalue weighted by Crippen LogP contribution is 2.37. The quantitative estimate of drug-likeness (QED) is 0.700. The number of phenolic OH excluding ortho intramolecular Hbond substituents is 2. The SMILES string of the molecule is Oc1cc2scc(Br)c2cc1O. The van der Waals surface area contributed by atoms with E-state index in [0.29, 0.717) is 0 Å². The highest BCUT2D eigenvalue weighted by Gasteiger charge is 2.05. The molecule has 0 spiro atoms. The molecule has 2 nitrogen and oxygen atoms in total. The van der Waals surface area contributed by atoms with E-state index < -0.39 is 0 Å². The van der Waals surface area contributed by atoms with Crippen molar-refractivity contribution < 1.29 is 10.2 Å². The van der Waals surface area contributed by atoms with Crippen LogP contribution in [0.5, 0.6) is 11.5 Å². The maximum absolute atomic E-state index is 9.19. The molecule has 0 atom stereocenters. The molecule has 0 aliphatic rings. The van der Waals surface area contributed by atoms with Crippen LogP contribution in [0.4, 0.5) is 0 Å². The van der Waals surface area contributed by atoms with Crippen molar-refractivity contribution in [2.75, 3.05) is 0 Å². The molecule has 1 aromatic carbocycles. The van der Waals surface area contributed by atoms with Gasteiger partial charge >= 0.3 is 0 Å². The molecule has 0 bridgehead atoms. The normalized spacial score (nSPS) is 10.8. The fraction of sp³-hybridized carbons (Fsp3) is 0. The first-order chi connectivity index (χ1) is 5.68. The first-order valence-corrected chi connectivity index (χ1v) is 4.94. The Morgan fingerprint density at radius 3 is 2.58 bits per heavy atom. The van der Waals surface area contributed by atoms with Crippen LogP contribution in [0.25, 0.3) is 10.1 Å². The summed E-state index contributed by atoms with van der Waals surface area (Å²) in [7, 11) is 0. The molecule has 1 aromatic heterocycles. The summed E-state index contributed by atoms with van der Waals surface area (Å²) in [4.78, 5) is 0. The van der Waals surface area contributed by atoms with Gasteiger partial charge in [-0.25, -0.2) is 0 Å². The first-order valence-electron chi connectivity index (χ1n) is 3.27. The van der Waals surface area contributed by atoms with Gasteiger partial charge in [-0.1, -0.05) is 0 Å². The second-order valence-corrected chi connectivity index (χ2v) is 4.19. The first kappa shape index (κ1) is 7.89. The molecule has 62 valence electrons. The Kier molecular flexibility index (Phi) is 1.73. The van der Waals surface area contributed by atoms with Crippen molar-refractivity contribution >= 4 is 37.4 Å². The predicted molar refractivity (Wildman–Crippen MR) is 52.9 cm³/mol. The number of benzene rings is 1. The van der Waals surface area contributed by atoms with Gasteiger partial charge in [0, 0.05) is 26.0 Å². The van der Waals surface area contributed by atoms with Crippen molar-refractivity contribution in [2.45, 2.75) is 0 Å². The topological polar surface area (TPSA) is 40.5 Å². The minimum Gasteiger partial charge on any atom is -0.504 e. The van der Waals surface area contributed by atoms with E-state index in [-0.39, 0.29) is 11.5 Å². The number of thiophene rings is 1. The molecular weight excluding hydrogens is 240 g/mol. The van der Waals surface area contributed by atoms with Crippen LogP contribution in [0.1, 0.15) is 0 Å². The maximum Gasteiger partial charge on any atom is 0.158 e. The summed E-state index contributed by atoms with van der Waals surface area (Å²) in [6.45, 7) is 0. The van der Waals surface area contributed by atoms with E-state index >= 15 is 0 Å². The molecule has 4 heteroatoms. The van der Waals surface area contributed by atoms with E-state index in [1.165, 1.54) is 11.3 Å². The van der Waals surface area contributed by atoms with E-state index in [2.05, 4.69) is 15.9 Å². The highest BCUT2D eigenvalue weighted by molar-refractivity contribution is 9.10. The van der Waals surface area contributed by atoms with Crippen LogP contribution in [0, 0.1) is 0 Å². The van der Waals surface area contributed by atoms with Gasteiger partial charge < -0.3 is 10.2 Å². The van der Waals surface area contributed by atoms with Crippen molar-refractivity contribution in [3.63, 3.8) is 0 Å². The summed E-state index contributed by atoms with van der Waals surface area (Å²) in [5.74, 6) is -0.154. The molecular formula is C8H5BrO2S.